The summed E-state index contributed by atoms with van der Waals surface area (Å²) < 4.78 is 1.53. The molecular weight excluding hydrogens is 307 g/mol. The number of benzene rings is 1. The summed E-state index contributed by atoms with van der Waals surface area (Å²) in [6.07, 6.45) is 0. The van der Waals surface area contributed by atoms with Crippen molar-refractivity contribution < 1.29 is 0 Å². The number of nitrogens with one attached hydrogen (secondary N) is 1. The maximum Gasteiger partial charge on any atom is 0.333 e. The molecule has 0 atom stereocenters. The topological polar surface area (TPSA) is 54.9 Å². The fraction of sp³-hybridized carbons (Fsp3) is 0. The maximum absolute atomic E-state index is 12.3. The summed E-state index contributed by atoms with van der Waals surface area (Å²) in [5.74, 6) is 0. The molecule has 0 aliphatic heterocycles. The molecule has 3 aromatic rings. The molecule has 1 aromatic carbocycles. The number of H-pyrrole nitrogens is 1. The molecule has 0 amide bonds. The highest BCUT2D eigenvalue weighted by atomic mass is 35.5. The van der Waals surface area contributed by atoms with Gasteiger partial charge in [0.25, 0.3) is 5.56 Å². The molecule has 0 fully saturated rings. The monoisotopic (exact) mass is 312 g/mol. The minimum atomic E-state index is -0.505. The lowest BCUT2D eigenvalue weighted by atomic mass is 10.3. The van der Waals surface area contributed by atoms with Crippen LogP contribution in [0.5, 0.6) is 0 Å². The van der Waals surface area contributed by atoms with Crippen LogP contribution in [0.25, 0.3) is 15.9 Å². The van der Waals surface area contributed by atoms with Crippen molar-refractivity contribution in [2.75, 3.05) is 0 Å². The van der Waals surface area contributed by atoms with Crippen LogP contribution in [0.4, 0.5) is 0 Å². The van der Waals surface area contributed by atoms with Crippen LogP contribution in [0.2, 0.25) is 10.0 Å². The van der Waals surface area contributed by atoms with Crippen molar-refractivity contribution in [2.24, 2.45) is 0 Å². The van der Waals surface area contributed by atoms with E-state index in [-0.39, 0.29) is 10.6 Å². The fourth-order valence-electron chi connectivity index (χ4n) is 1.80. The molecule has 96 valence electrons. The lowest BCUT2D eigenvalue weighted by molar-refractivity contribution is 0.904. The Hall–Kier alpha value is -1.56. The third-order valence-corrected chi connectivity index (χ3v) is 4.31. The average molecular weight is 313 g/mol. The van der Waals surface area contributed by atoms with Gasteiger partial charge in [0.05, 0.1) is 21.2 Å². The predicted molar refractivity (Wildman–Crippen MR) is 78.1 cm³/mol. The van der Waals surface area contributed by atoms with Gasteiger partial charge in [0.15, 0.2) is 0 Å². The zero-order valence-corrected chi connectivity index (χ0v) is 11.6. The van der Waals surface area contributed by atoms with Crippen LogP contribution in [0.3, 0.4) is 0 Å². The van der Waals surface area contributed by atoms with E-state index in [1.165, 1.54) is 17.4 Å². The van der Waals surface area contributed by atoms with Crippen molar-refractivity contribution in [1.82, 2.24) is 9.55 Å². The quantitative estimate of drug-likeness (QED) is 0.751. The first-order valence-electron chi connectivity index (χ1n) is 5.26. The highest BCUT2D eigenvalue weighted by molar-refractivity contribution is 7.17. The summed E-state index contributed by atoms with van der Waals surface area (Å²) in [5.41, 5.74) is 0.0497. The lowest BCUT2D eigenvalue weighted by Crippen LogP contribution is -2.32. The van der Waals surface area contributed by atoms with Crippen LogP contribution in [-0.4, -0.2) is 9.55 Å². The van der Waals surface area contributed by atoms with E-state index in [4.69, 9.17) is 23.2 Å². The van der Waals surface area contributed by atoms with E-state index in [1.54, 1.807) is 23.6 Å². The zero-order valence-electron chi connectivity index (χ0n) is 9.31. The van der Waals surface area contributed by atoms with Gasteiger partial charge in [0, 0.05) is 0 Å². The summed E-state index contributed by atoms with van der Waals surface area (Å²) in [4.78, 5) is 26.9. The molecule has 19 heavy (non-hydrogen) atoms. The number of aromatic amines is 1. The number of aromatic nitrogens is 2. The van der Waals surface area contributed by atoms with E-state index < -0.39 is 5.69 Å². The van der Waals surface area contributed by atoms with Gasteiger partial charge in [0.2, 0.25) is 0 Å². The SMILES string of the molecule is O=c1[nH]c2ccsc2c(=O)n1-c1ccc(Cl)c(Cl)c1. The molecule has 0 saturated heterocycles. The summed E-state index contributed by atoms with van der Waals surface area (Å²) in [6.45, 7) is 0. The Bertz CT molecular complexity index is 895. The molecule has 4 nitrogen and oxygen atoms in total. The molecule has 2 heterocycles. The van der Waals surface area contributed by atoms with Crippen LogP contribution in [0, 0.1) is 0 Å². The Balaban J connectivity index is 2.38. The average Bonchev–Trinajstić information content (AvgIpc) is 2.82. The normalized spacial score (nSPS) is 11.1. The first kappa shape index (κ1) is 12.5. The summed E-state index contributed by atoms with van der Waals surface area (Å²) in [5, 5.41) is 2.41. The molecule has 0 unspecified atom stereocenters. The van der Waals surface area contributed by atoms with Crippen molar-refractivity contribution in [3.05, 3.63) is 60.5 Å². The second kappa shape index (κ2) is 4.52. The standard InChI is InChI=1S/C12H6Cl2N2O2S/c13-7-2-1-6(5-8(7)14)16-11(17)10-9(3-4-19-10)15-12(16)18/h1-5H,(H,15,18). The van der Waals surface area contributed by atoms with Crippen molar-refractivity contribution >= 4 is 44.8 Å². The fourth-order valence-corrected chi connectivity index (χ4v) is 2.87. The van der Waals surface area contributed by atoms with Crippen molar-refractivity contribution in [1.29, 1.82) is 0 Å². The summed E-state index contributed by atoms with van der Waals surface area (Å²) in [7, 11) is 0. The predicted octanol–water partition coefficient (Wildman–Crippen LogP) is 3.05. The number of fused-ring (bicyclic) bond motifs is 1. The van der Waals surface area contributed by atoms with E-state index in [0.717, 1.165) is 4.57 Å². The molecule has 3 rings (SSSR count). The van der Waals surface area contributed by atoms with Crippen LogP contribution < -0.4 is 11.2 Å². The van der Waals surface area contributed by atoms with Crippen molar-refractivity contribution in [3.8, 4) is 5.69 Å². The van der Waals surface area contributed by atoms with Gasteiger partial charge in [-0.1, -0.05) is 23.2 Å². The van der Waals surface area contributed by atoms with Crippen molar-refractivity contribution in [2.45, 2.75) is 0 Å². The molecule has 0 aliphatic rings. The zero-order chi connectivity index (χ0) is 13.6. The van der Waals surface area contributed by atoms with Gasteiger partial charge in [0.1, 0.15) is 4.70 Å². The van der Waals surface area contributed by atoms with Crippen LogP contribution in [-0.2, 0) is 0 Å². The third-order valence-electron chi connectivity index (χ3n) is 2.67. The van der Waals surface area contributed by atoms with Crippen LogP contribution in [0.1, 0.15) is 0 Å². The van der Waals surface area contributed by atoms with E-state index in [1.807, 2.05) is 0 Å². The molecule has 0 radical (unpaired) electrons. The number of hydrogen-bond donors (Lipinski definition) is 1. The maximum atomic E-state index is 12.3. The number of rotatable bonds is 1. The lowest BCUT2D eigenvalue weighted by Gasteiger charge is -2.05. The van der Waals surface area contributed by atoms with Gasteiger partial charge in [-0.25, -0.2) is 9.36 Å². The smallest absolute Gasteiger partial charge is 0.306 e. The molecular formula is C12H6Cl2N2O2S. The molecule has 0 saturated carbocycles. The van der Waals surface area contributed by atoms with Gasteiger partial charge >= 0.3 is 5.69 Å². The van der Waals surface area contributed by atoms with Gasteiger partial charge < -0.3 is 4.98 Å². The largest absolute Gasteiger partial charge is 0.333 e. The minimum absolute atomic E-state index is 0.289. The highest BCUT2D eigenvalue weighted by Crippen LogP contribution is 2.23. The number of nitrogens with zero attached hydrogens (tertiary/aromatic N) is 1. The van der Waals surface area contributed by atoms with Gasteiger partial charge in [-0.3, -0.25) is 4.79 Å². The molecule has 1 N–H and O–H groups in total. The van der Waals surface area contributed by atoms with E-state index >= 15 is 0 Å². The molecule has 0 spiro atoms. The molecule has 7 heteroatoms. The molecule has 0 aliphatic carbocycles. The number of thiophene rings is 1. The summed E-state index contributed by atoms with van der Waals surface area (Å²) in [6, 6.07) is 6.30. The molecule has 2 aromatic heterocycles. The summed E-state index contributed by atoms with van der Waals surface area (Å²) >= 11 is 13.0. The minimum Gasteiger partial charge on any atom is -0.306 e. The van der Waals surface area contributed by atoms with Gasteiger partial charge in [-0.15, -0.1) is 11.3 Å². The Morgan fingerprint density at radius 3 is 2.63 bits per heavy atom. The van der Waals surface area contributed by atoms with E-state index in [0.29, 0.717) is 20.9 Å². The Morgan fingerprint density at radius 2 is 1.89 bits per heavy atom. The van der Waals surface area contributed by atoms with E-state index in [9.17, 15) is 9.59 Å². The Morgan fingerprint density at radius 1 is 1.11 bits per heavy atom. The van der Waals surface area contributed by atoms with Crippen molar-refractivity contribution in [3.63, 3.8) is 0 Å². The van der Waals surface area contributed by atoms with Crippen LogP contribution >= 0.6 is 34.5 Å². The second-order valence-electron chi connectivity index (χ2n) is 3.83. The number of hydrogen-bond acceptors (Lipinski definition) is 3. The third kappa shape index (κ3) is 2.00. The first-order chi connectivity index (χ1) is 9.08. The van der Waals surface area contributed by atoms with Crippen LogP contribution in [0.15, 0.2) is 39.2 Å². The highest BCUT2D eigenvalue weighted by Gasteiger charge is 2.11. The molecule has 0 bridgehead atoms. The van der Waals surface area contributed by atoms with Gasteiger partial charge in [-0.2, -0.15) is 0 Å². The second-order valence-corrected chi connectivity index (χ2v) is 5.56. The first-order valence-corrected chi connectivity index (χ1v) is 6.89. The Kier molecular flexibility index (Phi) is 2.97. The Labute approximate surface area is 120 Å². The van der Waals surface area contributed by atoms with E-state index in [2.05, 4.69) is 4.98 Å². The van der Waals surface area contributed by atoms with Gasteiger partial charge in [-0.05, 0) is 29.6 Å². The number of halogens is 2.